The predicted molar refractivity (Wildman–Crippen MR) is 67.3 cm³/mol. The van der Waals surface area contributed by atoms with Crippen molar-refractivity contribution in [1.29, 1.82) is 0 Å². The maximum atomic E-state index is 11.0. The standard InChI is InChI=1S/C11H14N4O4/c12-8-2-1-3-14(6-8)10-9(15(18)19)4-7(5-13-10)11(16)17/h4-5,8H,1-3,6,12H2,(H,16,17). The van der Waals surface area contributed by atoms with Gasteiger partial charge in [-0.1, -0.05) is 0 Å². The SMILES string of the molecule is NC1CCCN(c2ncc(C(=O)O)cc2[N+](=O)[O-])C1. The Kier molecular flexibility index (Phi) is 3.61. The maximum absolute atomic E-state index is 11.0. The lowest BCUT2D eigenvalue weighted by atomic mass is 10.1. The molecule has 1 atom stereocenters. The summed E-state index contributed by atoms with van der Waals surface area (Å²) in [5.74, 6) is -1.05. The lowest BCUT2D eigenvalue weighted by Gasteiger charge is -2.31. The number of pyridine rings is 1. The number of carbonyl (C=O) groups is 1. The van der Waals surface area contributed by atoms with Gasteiger partial charge in [0.1, 0.15) is 0 Å². The number of hydrogen-bond donors (Lipinski definition) is 2. The van der Waals surface area contributed by atoms with E-state index in [0.717, 1.165) is 25.1 Å². The largest absolute Gasteiger partial charge is 0.478 e. The van der Waals surface area contributed by atoms with E-state index < -0.39 is 10.9 Å². The molecule has 0 aliphatic carbocycles. The van der Waals surface area contributed by atoms with E-state index in [1.165, 1.54) is 0 Å². The first-order valence-corrected chi connectivity index (χ1v) is 5.87. The van der Waals surface area contributed by atoms with Gasteiger partial charge in [0, 0.05) is 31.4 Å². The number of hydrogen-bond acceptors (Lipinski definition) is 6. The highest BCUT2D eigenvalue weighted by Gasteiger charge is 2.26. The molecular formula is C11H14N4O4. The smallest absolute Gasteiger partial charge is 0.337 e. The summed E-state index contributed by atoms with van der Waals surface area (Å²) < 4.78 is 0. The van der Waals surface area contributed by atoms with Gasteiger partial charge in [-0.2, -0.15) is 0 Å². The van der Waals surface area contributed by atoms with Crippen LogP contribution in [0.25, 0.3) is 0 Å². The molecule has 1 aromatic rings. The van der Waals surface area contributed by atoms with Crippen molar-refractivity contribution in [2.75, 3.05) is 18.0 Å². The van der Waals surface area contributed by atoms with Crippen LogP contribution >= 0.6 is 0 Å². The molecule has 3 N–H and O–H groups in total. The number of carboxylic acids is 1. The van der Waals surface area contributed by atoms with Crippen LogP contribution < -0.4 is 10.6 Å². The summed E-state index contributed by atoms with van der Waals surface area (Å²) in [7, 11) is 0. The zero-order valence-corrected chi connectivity index (χ0v) is 10.2. The van der Waals surface area contributed by atoms with Crippen molar-refractivity contribution in [3.63, 3.8) is 0 Å². The van der Waals surface area contributed by atoms with E-state index in [2.05, 4.69) is 4.98 Å². The van der Waals surface area contributed by atoms with E-state index in [4.69, 9.17) is 10.8 Å². The van der Waals surface area contributed by atoms with Gasteiger partial charge >= 0.3 is 11.7 Å². The van der Waals surface area contributed by atoms with E-state index in [1.807, 2.05) is 0 Å². The van der Waals surface area contributed by atoms with Gasteiger partial charge in [-0.15, -0.1) is 0 Å². The minimum atomic E-state index is -1.24. The molecule has 0 bridgehead atoms. The molecule has 0 aromatic carbocycles. The summed E-state index contributed by atoms with van der Waals surface area (Å²) in [6.45, 7) is 1.12. The van der Waals surface area contributed by atoms with Crippen LogP contribution in [0.4, 0.5) is 11.5 Å². The molecule has 8 nitrogen and oxygen atoms in total. The summed E-state index contributed by atoms with van der Waals surface area (Å²) in [4.78, 5) is 26.9. The molecule has 102 valence electrons. The van der Waals surface area contributed by atoms with Crippen LogP contribution in [0, 0.1) is 10.1 Å². The van der Waals surface area contributed by atoms with Crippen LogP contribution in [0.3, 0.4) is 0 Å². The zero-order chi connectivity index (χ0) is 14.0. The average Bonchev–Trinajstić information content (AvgIpc) is 2.37. The lowest BCUT2D eigenvalue weighted by molar-refractivity contribution is -0.384. The predicted octanol–water partition coefficient (Wildman–Crippen LogP) is 0.615. The molecule has 0 radical (unpaired) electrons. The highest BCUT2D eigenvalue weighted by atomic mass is 16.6. The number of carboxylic acid groups (broad SMARTS) is 1. The fraction of sp³-hybridized carbons (Fsp3) is 0.455. The minimum Gasteiger partial charge on any atom is -0.478 e. The van der Waals surface area contributed by atoms with Gasteiger partial charge in [0.15, 0.2) is 0 Å². The Hall–Kier alpha value is -2.22. The zero-order valence-electron chi connectivity index (χ0n) is 10.2. The van der Waals surface area contributed by atoms with Crippen LogP contribution in [0.2, 0.25) is 0 Å². The number of rotatable bonds is 3. The highest BCUT2D eigenvalue weighted by Crippen LogP contribution is 2.28. The van der Waals surface area contributed by atoms with Gasteiger partial charge in [0.2, 0.25) is 5.82 Å². The molecular weight excluding hydrogens is 252 g/mol. The number of aromatic nitrogens is 1. The van der Waals surface area contributed by atoms with E-state index in [0.29, 0.717) is 13.1 Å². The Labute approximate surface area is 109 Å². The fourth-order valence-electron chi connectivity index (χ4n) is 2.14. The van der Waals surface area contributed by atoms with Gasteiger partial charge in [-0.05, 0) is 12.8 Å². The number of anilines is 1. The second kappa shape index (κ2) is 5.19. The topological polar surface area (TPSA) is 123 Å². The first-order chi connectivity index (χ1) is 8.99. The molecule has 1 fully saturated rings. The minimum absolute atomic E-state index is 0.0469. The Balaban J connectivity index is 2.38. The van der Waals surface area contributed by atoms with Gasteiger partial charge in [-0.3, -0.25) is 10.1 Å². The van der Waals surface area contributed by atoms with Crippen LogP contribution in [-0.4, -0.2) is 40.1 Å². The molecule has 1 aliphatic rings. The summed E-state index contributed by atoms with van der Waals surface area (Å²) in [6, 6.07) is 0.986. The number of nitro groups is 1. The van der Waals surface area contributed by atoms with Crippen molar-refractivity contribution in [1.82, 2.24) is 4.98 Å². The molecule has 0 spiro atoms. The van der Waals surface area contributed by atoms with Crippen LogP contribution in [0.1, 0.15) is 23.2 Å². The highest BCUT2D eigenvalue weighted by molar-refractivity contribution is 5.88. The molecule has 0 amide bonds. The van der Waals surface area contributed by atoms with Gasteiger partial charge < -0.3 is 15.7 Å². The Morgan fingerprint density at radius 2 is 2.37 bits per heavy atom. The lowest BCUT2D eigenvalue weighted by Crippen LogP contribution is -2.43. The van der Waals surface area contributed by atoms with Crippen molar-refractivity contribution in [3.05, 3.63) is 27.9 Å². The summed E-state index contributed by atoms with van der Waals surface area (Å²) in [5.41, 5.74) is 5.34. The second-order valence-corrected chi connectivity index (χ2v) is 4.48. The van der Waals surface area contributed by atoms with Crippen molar-refractivity contribution in [2.24, 2.45) is 5.73 Å². The van der Waals surface area contributed by atoms with Crippen LogP contribution in [0.15, 0.2) is 12.3 Å². The molecule has 1 aromatic heterocycles. The van der Waals surface area contributed by atoms with E-state index in [-0.39, 0.29) is 23.1 Å². The summed E-state index contributed by atoms with van der Waals surface area (Å²) in [5, 5.41) is 19.9. The molecule has 1 aliphatic heterocycles. The molecule has 19 heavy (non-hydrogen) atoms. The number of piperidine rings is 1. The Morgan fingerprint density at radius 3 is 2.95 bits per heavy atom. The van der Waals surface area contributed by atoms with E-state index >= 15 is 0 Å². The monoisotopic (exact) mass is 266 g/mol. The first kappa shape index (κ1) is 13.2. The molecule has 8 heteroatoms. The van der Waals surface area contributed by atoms with E-state index in [9.17, 15) is 14.9 Å². The molecule has 2 heterocycles. The van der Waals surface area contributed by atoms with Gasteiger partial charge in [0.05, 0.1) is 10.5 Å². The van der Waals surface area contributed by atoms with Crippen LogP contribution in [-0.2, 0) is 0 Å². The summed E-state index contributed by atoms with van der Waals surface area (Å²) in [6.07, 6.45) is 2.84. The van der Waals surface area contributed by atoms with Gasteiger partial charge in [-0.25, -0.2) is 9.78 Å². The van der Waals surface area contributed by atoms with Crippen molar-refractivity contribution >= 4 is 17.5 Å². The molecule has 2 rings (SSSR count). The third kappa shape index (κ3) is 2.79. The molecule has 1 unspecified atom stereocenters. The number of nitrogens with zero attached hydrogens (tertiary/aromatic N) is 3. The summed E-state index contributed by atoms with van der Waals surface area (Å²) >= 11 is 0. The normalized spacial score (nSPS) is 19.2. The van der Waals surface area contributed by atoms with Crippen molar-refractivity contribution < 1.29 is 14.8 Å². The molecule has 1 saturated heterocycles. The molecule has 0 saturated carbocycles. The van der Waals surface area contributed by atoms with Crippen LogP contribution in [0.5, 0.6) is 0 Å². The van der Waals surface area contributed by atoms with Gasteiger partial charge in [0.25, 0.3) is 0 Å². The third-order valence-corrected chi connectivity index (χ3v) is 3.05. The Bertz CT molecular complexity index is 519. The number of nitrogens with two attached hydrogens (primary N) is 1. The first-order valence-electron chi connectivity index (χ1n) is 5.87. The second-order valence-electron chi connectivity index (χ2n) is 4.48. The number of aromatic carboxylic acids is 1. The maximum Gasteiger partial charge on any atom is 0.337 e. The van der Waals surface area contributed by atoms with Crippen molar-refractivity contribution in [3.8, 4) is 0 Å². The van der Waals surface area contributed by atoms with E-state index in [1.54, 1.807) is 4.90 Å². The quantitative estimate of drug-likeness (QED) is 0.607. The third-order valence-electron chi connectivity index (χ3n) is 3.05. The fourth-order valence-corrected chi connectivity index (χ4v) is 2.14. The van der Waals surface area contributed by atoms with Crippen molar-refractivity contribution in [2.45, 2.75) is 18.9 Å². The average molecular weight is 266 g/mol. The Morgan fingerprint density at radius 1 is 1.63 bits per heavy atom.